The van der Waals surface area contributed by atoms with Crippen molar-refractivity contribution in [2.24, 2.45) is 10.1 Å². The van der Waals surface area contributed by atoms with Crippen molar-refractivity contribution in [2.75, 3.05) is 7.05 Å². The third-order valence-corrected chi connectivity index (χ3v) is 2.25. The summed E-state index contributed by atoms with van der Waals surface area (Å²) in [6.07, 6.45) is 4.75. The summed E-state index contributed by atoms with van der Waals surface area (Å²) in [5.74, 6) is 0. The van der Waals surface area contributed by atoms with Gasteiger partial charge in [0, 0.05) is 54.0 Å². The molecule has 0 aromatic heterocycles. The molecule has 0 aliphatic carbocycles. The van der Waals surface area contributed by atoms with Crippen molar-refractivity contribution in [2.45, 2.75) is 13.8 Å². The van der Waals surface area contributed by atoms with E-state index in [4.69, 9.17) is 6.72 Å². The Labute approximate surface area is 160 Å². The van der Waals surface area contributed by atoms with Gasteiger partial charge in [0.05, 0.1) is 0 Å². The van der Waals surface area contributed by atoms with E-state index in [1.807, 2.05) is 44.2 Å². The molecule has 0 atom stereocenters. The van der Waals surface area contributed by atoms with Gasteiger partial charge in [-0.1, -0.05) is 47.4 Å². The molecule has 1 aromatic carbocycles. The first-order chi connectivity index (χ1) is 7.69. The summed E-state index contributed by atoms with van der Waals surface area (Å²) >= 11 is 0. The number of rotatable bonds is 4. The molecule has 0 aliphatic rings. The van der Waals surface area contributed by atoms with Gasteiger partial charge >= 0.3 is 18.6 Å². The van der Waals surface area contributed by atoms with Gasteiger partial charge in [-0.3, -0.25) is 0 Å². The second kappa shape index (κ2) is 11.1. The number of allylic oxidation sites excluding steroid dienone is 2. The van der Waals surface area contributed by atoms with Crippen LogP contribution in [0, 0.1) is 46.9 Å². The first-order valence-electron chi connectivity index (χ1n) is 5.02. The van der Waals surface area contributed by atoms with E-state index < -0.39 is 0 Å². The second-order valence-corrected chi connectivity index (χ2v) is 3.34. The quantitative estimate of drug-likeness (QED) is 0.234. The fraction of sp³-hybridized carbons (Fsp3) is 0.231. The monoisotopic (exact) mass is 438 g/mol. The predicted molar refractivity (Wildman–Crippen MR) is 69.1 cm³/mol. The molecule has 0 saturated heterocycles. The van der Waals surface area contributed by atoms with Crippen molar-refractivity contribution in [1.82, 2.24) is 5.01 Å². The molecule has 0 bridgehead atoms. The van der Waals surface area contributed by atoms with Crippen molar-refractivity contribution >= 4 is 24.3 Å². The molecule has 1 rings (SSSR count). The zero-order chi connectivity index (χ0) is 12.0. The molecule has 0 heterocycles. The Hall–Kier alpha value is 0.204. The van der Waals surface area contributed by atoms with Crippen LogP contribution in [0.15, 0.2) is 40.4 Å². The van der Waals surface area contributed by atoms with Crippen LogP contribution in [0.4, 0.5) is 5.69 Å². The van der Waals surface area contributed by atoms with E-state index in [-0.39, 0.29) is 65.5 Å². The van der Waals surface area contributed by atoms with E-state index >= 15 is 0 Å². The smallest absolute Gasteiger partial charge is 0.432 e. The summed E-state index contributed by atoms with van der Waals surface area (Å²) in [6, 6.07) is 7.88. The SMILES string of the molecule is [CH-]=NN(C)[C-]=Nc1ccccc1C(C)=CC.[V+2].[Yb]. The van der Waals surface area contributed by atoms with Crippen LogP contribution in [0.5, 0.6) is 0 Å². The zero-order valence-corrected chi connectivity index (χ0v) is 13.6. The molecule has 3 nitrogen and oxygen atoms in total. The van der Waals surface area contributed by atoms with E-state index in [0.29, 0.717) is 0 Å². The Morgan fingerprint density at radius 1 is 1.39 bits per heavy atom. The molecule has 18 heavy (non-hydrogen) atoms. The number of hydrazone groups is 1. The van der Waals surface area contributed by atoms with Crippen molar-refractivity contribution in [1.29, 1.82) is 0 Å². The molecular weight excluding hydrogens is 422 g/mol. The molecule has 1 radical (unpaired) electrons. The topological polar surface area (TPSA) is 28.0 Å². The largest absolute Gasteiger partial charge is 2.00 e. The zero-order valence-electron chi connectivity index (χ0n) is 10.5. The van der Waals surface area contributed by atoms with Crippen LogP contribution in [0.25, 0.3) is 5.57 Å². The van der Waals surface area contributed by atoms with Gasteiger partial charge in [0.25, 0.3) is 0 Å². The molecule has 101 valence electrons. The number of hydrogen-bond donors (Lipinski definition) is 0. The number of para-hydroxylation sites is 1. The average molecular weight is 437 g/mol. The van der Waals surface area contributed by atoms with Gasteiger partial charge < -0.3 is 21.8 Å². The van der Waals surface area contributed by atoms with E-state index in [1.54, 1.807) is 7.05 Å². The Balaban J connectivity index is 0. The number of nitrogens with zero attached hydrogens (tertiary/aromatic N) is 3. The molecule has 0 amide bonds. The van der Waals surface area contributed by atoms with Crippen LogP contribution in [0.2, 0.25) is 0 Å². The molecule has 0 aliphatic heterocycles. The van der Waals surface area contributed by atoms with Crippen molar-refractivity contribution in [3.63, 3.8) is 0 Å². The molecule has 0 saturated carbocycles. The minimum atomic E-state index is 0. The summed E-state index contributed by atoms with van der Waals surface area (Å²) < 4.78 is 0. The van der Waals surface area contributed by atoms with E-state index in [9.17, 15) is 0 Å². The molecular formula is C13H15N3VYb. The normalized spacial score (nSPS) is 10.5. The number of benzene rings is 1. The van der Waals surface area contributed by atoms with Gasteiger partial charge in [0.2, 0.25) is 0 Å². The van der Waals surface area contributed by atoms with Gasteiger partial charge in [-0.15, -0.1) is 6.07 Å². The molecule has 0 N–H and O–H groups in total. The van der Waals surface area contributed by atoms with Crippen LogP contribution in [0.1, 0.15) is 19.4 Å². The Morgan fingerprint density at radius 3 is 2.56 bits per heavy atom. The third kappa shape index (κ3) is 6.39. The van der Waals surface area contributed by atoms with E-state index in [0.717, 1.165) is 11.3 Å². The van der Waals surface area contributed by atoms with Crippen LogP contribution in [-0.2, 0) is 18.6 Å². The molecule has 0 spiro atoms. The predicted octanol–water partition coefficient (Wildman–Crippen LogP) is 3.07. The fourth-order valence-electron chi connectivity index (χ4n) is 1.21. The number of hydrogen-bond acceptors (Lipinski definition) is 2. The summed E-state index contributed by atoms with van der Waals surface area (Å²) in [7, 11) is 1.68. The fourth-order valence-corrected chi connectivity index (χ4v) is 1.21. The van der Waals surface area contributed by atoms with Crippen LogP contribution in [-0.4, -0.2) is 25.1 Å². The summed E-state index contributed by atoms with van der Waals surface area (Å²) in [6.45, 7) is 9.13. The van der Waals surface area contributed by atoms with Crippen LogP contribution < -0.4 is 0 Å². The van der Waals surface area contributed by atoms with Gasteiger partial charge in [-0.25, -0.2) is 0 Å². The van der Waals surface area contributed by atoms with Crippen LogP contribution in [0.3, 0.4) is 0 Å². The Morgan fingerprint density at radius 2 is 2.00 bits per heavy atom. The Bertz CT molecular complexity index is 430. The summed E-state index contributed by atoms with van der Waals surface area (Å²) in [5, 5.41) is 4.75. The van der Waals surface area contributed by atoms with E-state index in [2.05, 4.69) is 16.4 Å². The van der Waals surface area contributed by atoms with Gasteiger partial charge in [-0.2, -0.15) is 0 Å². The minimum absolute atomic E-state index is 0. The first kappa shape index (κ1) is 20.5. The van der Waals surface area contributed by atoms with Crippen molar-refractivity contribution < 1.29 is 65.5 Å². The standard InChI is InChI=1S/C13H15N3.V.Yb/c1-5-11(2)12-8-6-7-9-13(12)15-10-16(4)14-3;;/h3,5-9H,1-2,4H3;;/q-2;+2;. The Kier molecular flexibility index (Phi) is 12.6. The minimum Gasteiger partial charge on any atom is -0.432 e. The van der Waals surface area contributed by atoms with Gasteiger partial charge in [0.15, 0.2) is 0 Å². The van der Waals surface area contributed by atoms with Crippen molar-refractivity contribution in [3.8, 4) is 0 Å². The van der Waals surface area contributed by atoms with E-state index in [1.165, 1.54) is 10.6 Å². The second-order valence-electron chi connectivity index (χ2n) is 3.34. The van der Waals surface area contributed by atoms with Gasteiger partial charge in [-0.05, 0) is 13.8 Å². The van der Waals surface area contributed by atoms with Crippen LogP contribution >= 0.6 is 0 Å². The summed E-state index contributed by atoms with van der Waals surface area (Å²) in [4.78, 5) is 4.21. The maximum Gasteiger partial charge on any atom is 2.00 e. The van der Waals surface area contributed by atoms with Gasteiger partial charge in [0.1, 0.15) is 0 Å². The first-order valence-corrected chi connectivity index (χ1v) is 5.02. The van der Waals surface area contributed by atoms with Crippen molar-refractivity contribution in [3.05, 3.63) is 35.9 Å². The molecule has 1 aromatic rings. The number of aliphatic imine (C=N–C) groups is 1. The molecule has 0 unspecified atom stereocenters. The summed E-state index contributed by atoms with van der Waals surface area (Å²) in [5.41, 5.74) is 3.12. The average Bonchev–Trinajstić information content (AvgIpc) is 2.35. The molecule has 0 fully saturated rings. The maximum atomic E-state index is 5.08. The third-order valence-electron chi connectivity index (χ3n) is 2.25. The maximum absolute atomic E-state index is 5.08. The molecule has 5 heteroatoms.